The molecule has 0 amide bonds. The smallest absolute Gasteiger partial charge is 0.118 e. The van der Waals surface area contributed by atoms with Crippen molar-refractivity contribution in [2.45, 2.75) is 32.2 Å². The molecular formula is C19H25NO. The second kappa shape index (κ2) is 7.84. The van der Waals surface area contributed by atoms with Gasteiger partial charge in [0.1, 0.15) is 5.75 Å². The second-order valence-electron chi connectivity index (χ2n) is 5.57. The van der Waals surface area contributed by atoms with Crippen molar-refractivity contribution >= 4 is 0 Å². The zero-order valence-corrected chi connectivity index (χ0v) is 13.2. The van der Waals surface area contributed by atoms with Crippen LogP contribution < -0.4 is 10.1 Å². The van der Waals surface area contributed by atoms with Crippen LogP contribution in [-0.4, -0.2) is 20.2 Å². The van der Waals surface area contributed by atoms with Crippen LogP contribution >= 0.6 is 0 Å². The third-order valence-corrected chi connectivity index (χ3v) is 3.91. The SMILES string of the molecule is CNC(CCc1cccc(C)c1)Cc1ccc(OC)cc1. The zero-order chi connectivity index (χ0) is 15.1. The lowest BCUT2D eigenvalue weighted by molar-refractivity contribution is 0.414. The van der Waals surface area contributed by atoms with E-state index in [2.05, 4.69) is 48.6 Å². The van der Waals surface area contributed by atoms with E-state index in [1.807, 2.05) is 19.2 Å². The molecule has 0 aliphatic rings. The van der Waals surface area contributed by atoms with Gasteiger partial charge in [-0.2, -0.15) is 0 Å². The fourth-order valence-corrected chi connectivity index (χ4v) is 2.60. The molecule has 0 bridgehead atoms. The second-order valence-corrected chi connectivity index (χ2v) is 5.57. The predicted octanol–water partition coefficient (Wildman–Crippen LogP) is 3.77. The molecule has 0 fully saturated rings. The van der Waals surface area contributed by atoms with Crippen molar-refractivity contribution in [2.24, 2.45) is 0 Å². The van der Waals surface area contributed by atoms with Crippen molar-refractivity contribution < 1.29 is 4.74 Å². The first-order valence-corrected chi connectivity index (χ1v) is 7.57. The molecule has 2 rings (SSSR count). The number of hydrogen-bond acceptors (Lipinski definition) is 2. The highest BCUT2D eigenvalue weighted by Crippen LogP contribution is 2.15. The Labute approximate surface area is 128 Å². The van der Waals surface area contributed by atoms with E-state index >= 15 is 0 Å². The van der Waals surface area contributed by atoms with Crippen LogP contribution in [0.3, 0.4) is 0 Å². The maximum absolute atomic E-state index is 5.20. The Kier molecular flexibility index (Phi) is 5.82. The van der Waals surface area contributed by atoms with Gasteiger partial charge in [0.05, 0.1) is 7.11 Å². The molecule has 2 aromatic rings. The summed E-state index contributed by atoms with van der Waals surface area (Å²) < 4.78 is 5.20. The summed E-state index contributed by atoms with van der Waals surface area (Å²) in [6.45, 7) is 2.15. The van der Waals surface area contributed by atoms with E-state index in [0.717, 1.165) is 25.0 Å². The summed E-state index contributed by atoms with van der Waals surface area (Å²) in [5.41, 5.74) is 4.10. The molecule has 1 unspecified atom stereocenters. The van der Waals surface area contributed by atoms with E-state index in [-0.39, 0.29) is 0 Å². The highest BCUT2D eigenvalue weighted by Gasteiger charge is 2.08. The number of ether oxygens (including phenoxy) is 1. The van der Waals surface area contributed by atoms with Gasteiger partial charge in [0, 0.05) is 6.04 Å². The summed E-state index contributed by atoms with van der Waals surface area (Å²) in [4.78, 5) is 0. The molecule has 2 aromatic carbocycles. The molecule has 0 heterocycles. The zero-order valence-electron chi connectivity index (χ0n) is 13.2. The lowest BCUT2D eigenvalue weighted by atomic mass is 9.98. The van der Waals surface area contributed by atoms with Gasteiger partial charge in [-0.3, -0.25) is 0 Å². The van der Waals surface area contributed by atoms with Crippen molar-refractivity contribution in [3.8, 4) is 5.75 Å². The van der Waals surface area contributed by atoms with Gasteiger partial charge >= 0.3 is 0 Å². The van der Waals surface area contributed by atoms with Crippen molar-refractivity contribution in [3.63, 3.8) is 0 Å². The molecule has 1 N–H and O–H groups in total. The monoisotopic (exact) mass is 283 g/mol. The van der Waals surface area contributed by atoms with Crippen LogP contribution in [0.5, 0.6) is 5.75 Å². The van der Waals surface area contributed by atoms with E-state index < -0.39 is 0 Å². The normalized spacial score (nSPS) is 12.1. The maximum Gasteiger partial charge on any atom is 0.118 e. The predicted molar refractivity (Wildman–Crippen MR) is 89.0 cm³/mol. The molecule has 0 saturated carbocycles. The van der Waals surface area contributed by atoms with Gasteiger partial charge in [0.2, 0.25) is 0 Å². The molecule has 21 heavy (non-hydrogen) atoms. The minimum atomic E-state index is 0.499. The van der Waals surface area contributed by atoms with Crippen LogP contribution in [-0.2, 0) is 12.8 Å². The number of aryl methyl sites for hydroxylation is 2. The van der Waals surface area contributed by atoms with Crippen molar-refractivity contribution in [3.05, 3.63) is 65.2 Å². The quantitative estimate of drug-likeness (QED) is 0.835. The summed E-state index contributed by atoms with van der Waals surface area (Å²) >= 11 is 0. The third-order valence-electron chi connectivity index (χ3n) is 3.91. The van der Waals surface area contributed by atoms with Gasteiger partial charge in [0.15, 0.2) is 0 Å². The standard InChI is InChI=1S/C19H25NO/c1-15-5-4-6-16(13-15)7-10-18(20-2)14-17-8-11-19(21-3)12-9-17/h4-6,8-9,11-13,18,20H,7,10,14H2,1-3H3. The molecule has 1 atom stereocenters. The number of benzene rings is 2. The molecule has 0 spiro atoms. The van der Waals surface area contributed by atoms with Gasteiger partial charge in [-0.15, -0.1) is 0 Å². The fourth-order valence-electron chi connectivity index (χ4n) is 2.60. The lowest BCUT2D eigenvalue weighted by Crippen LogP contribution is -2.28. The first-order chi connectivity index (χ1) is 10.2. The summed E-state index contributed by atoms with van der Waals surface area (Å²) in [5.74, 6) is 0.916. The van der Waals surface area contributed by atoms with E-state index in [4.69, 9.17) is 4.74 Å². The van der Waals surface area contributed by atoms with Gasteiger partial charge < -0.3 is 10.1 Å². The highest BCUT2D eigenvalue weighted by molar-refractivity contribution is 5.28. The van der Waals surface area contributed by atoms with Crippen LogP contribution in [0.1, 0.15) is 23.1 Å². The molecule has 2 nitrogen and oxygen atoms in total. The Bertz CT molecular complexity index is 548. The minimum absolute atomic E-state index is 0.499. The average Bonchev–Trinajstić information content (AvgIpc) is 2.52. The van der Waals surface area contributed by atoms with Gasteiger partial charge in [-0.05, 0) is 56.5 Å². The highest BCUT2D eigenvalue weighted by atomic mass is 16.5. The van der Waals surface area contributed by atoms with Gasteiger partial charge in [-0.25, -0.2) is 0 Å². The number of hydrogen-bond donors (Lipinski definition) is 1. The average molecular weight is 283 g/mol. The Morgan fingerprint density at radius 2 is 1.81 bits per heavy atom. The minimum Gasteiger partial charge on any atom is -0.497 e. The van der Waals surface area contributed by atoms with E-state index in [0.29, 0.717) is 6.04 Å². The molecule has 0 aromatic heterocycles. The van der Waals surface area contributed by atoms with Crippen molar-refractivity contribution in [2.75, 3.05) is 14.2 Å². The first-order valence-electron chi connectivity index (χ1n) is 7.57. The molecule has 0 saturated heterocycles. The van der Waals surface area contributed by atoms with E-state index in [1.165, 1.54) is 16.7 Å². The summed E-state index contributed by atoms with van der Waals surface area (Å²) in [5, 5.41) is 3.43. The molecule has 2 heteroatoms. The Balaban J connectivity index is 1.90. The van der Waals surface area contributed by atoms with E-state index in [1.54, 1.807) is 7.11 Å². The summed E-state index contributed by atoms with van der Waals surface area (Å²) in [6.07, 6.45) is 3.31. The van der Waals surface area contributed by atoms with Gasteiger partial charge in [0.25, 0.3) is 0 Å². The van der Waals surface area contributed by atoms with Crippen LogP contribution in [0, 0.1) is 6.92 Å². The fraction of sp³-hybridized carbons (Fsp3) is 0.368. The third kappa shape index (κ3) is 4.91. The lowest BCUT2D eigenvalue weighted by Gasteiger charge is -2.16. The molecule has 112 valence electrons. The van der Waals surface area contributed by atoms with Crippen molar-refractivity contribution in [1.82, 2.24) is 5.32 Å². The topological polar surface area (TPSA) is 21.3 Å². The maximum atomic E-state index is 5.20. The Morgan fingerprint density at radius 1 is 1.05 bits per heavy atom. The summed E-state index contributed by atoms with van der Waals surface area (Å²) in [7, 11) is 3.75. The molecule has 0 aliphatic heterocycles. The molecule has 0 radical (unpaired) electrons. The number of likely N-dealkylation sites (N-methyl/N-ethyl adjacent to an activating group) is 1. The molecule has 0 aliphatic carbocycles. The Hall–Kier alpha value is -1.80. The largest absolute Gasteiger partial charge is 0.497 e. The number of methoxy groups -OCH3 is 1. The number of rotatable bonds is 7. The Morgan fingerprint density at radius 3 is 2.43 bits per heavy atom. The van der Waals surface area contributed by atoms with Crippen LogP contribution in [0.25, 0.3) is 0 Å². The molecular weight excluding hydrogens is 258 g/mol. The van der Waals surface area contributed by atoms with Crippen LogP contribution in [0.15, 0.2) is 48.5 Å². The summed E-state index contributed by atoms with van der Waals surface area (Å²) in [6, 6.07) is 17.6. The van der Waals surface area contributed by atoms with E-state index in [9.17, 15) is 0 Å². The van der Waals surface area contributed by atoms with Crippen molar-refractivity contribution in [1.29, 1.82) is 0 Å². The first kappa shape index (κ1) is 15.6. The van der Waals surface area contributed by atoms with Gasteiger partial charge in [-0.1, -0.05) is 42.0 Å². The number of nitrogens with one attached hydrogen (secondary N) is 1. The van der Waals surface area contributed by atoms with Crippen LogP contribution in [0.4, 0.5) is 0 Å². The van der Waals surface area contributed by atoms with Crippen LogP contribution in [0.2, 0.25) is 0 Å².